The van der Waals surface area contributed by atoms with Crippen LogP contribution in [0.25, 0.3) is 0 Å². The lowest BCUT2D eigenvalue weighted by molar-refractivity contribution is 0.337. The van der Waals surface area contributed by atoms with Crippen LogP contribution in [0.15, 0.2) is 24.3 Å². The largest absolute Gasteiger partial charge is 0.492 e. The number of nitrogens with two attached hydrogens (primary N) is 1. The summed E-state index contributed by atoms with van der Waals surface area (Å²) in [7, 11) is -3.05. The topological polar surface area (TPSA) is 69.4 Å². The molecule has 5 heteroatoms. The van der Waals surface area contributed by atoms with E-state index in [0.717, 1.165) is 25.7 Å². The van der Waals surface area contributed by atoms with E-state index in [1.807, 2.05) is 0 Å². The first kappa shape index (κ1) is 15.2. The van der Waals surface area contributed by atoms with Gasteiger partial charge in [0.2, 0.25) is 0 Å². The molecule has 0 saturated heterocycles. The maximum atomic E-state index is 12.3. The summed E-state index contributed by atoms with van der Waals surface area (Å²) in [6.07, 6.45) is 3.75. The quantitative estimate of drug-likeness (QED) is 0.848. The minimum absolute atomic E-state index is 0.0825. The van der Waals surface area contributed by atoms with Gasteiger partial charge >= 0.3 is 0 Å². The van der Waals surface area contributed by atoms with E-state index in [1.54, 1.807) is 24.3 Å². The fourth-order valence-electron chi connectivity index (χ4n) is 2.75. The number of nitrogen functional groups attached to an aromatic ring is 1. The van der Waals surface area contributed by atoms with Gasteiger partial charge in [0, 0.05) is 11.8 Å². The van der Waals surface area contributed by atoms with Gasteiger partial charge in [-0.15, -0.1) is 0 Å². The predicted molar refractivity (Wildman–Crippen MR) is 81.6 cm³/mol. The van der Waals surface area contributed by atoms with Gasteiger partial charge in [-0.25, -0.2) is 8.42 Å². The average molecular weight is 297 g/mol. The highest BCUT2D eigenvalue weighted by Gasteiger charge is 2.29. The molecule has 1 aliphatic rings. The van der Waals surface area contributed by atoms with E-state index in [-0.39, 0.29) is 17.6 Å². The van der Waals surface area contributed by atoms with Crippen molar-refractivity contribution >= 4 is 15.5 Å². The van der Waals surface area contributed by atoms with Gasteiger partial charge in [0.1, 0.15) is 12.4 Å². The monoisotopic (exact) mass is 297 g/mol. The summed E-state index contributed by atoms with van der Waals surface area (Å²) in [5.74, 6) is 1.22. The molecule has 0 aromatic heterocycles. The highest BCUT2D eigenvalue weighted by Crippen LogP contribution is 2.28. The molecule has 0 bridgehead atoms. The Hall–Kier alpha value is -1.23. The van der Waals surface area contributed by atoms with Crippen molar-refractivity contribution in [3.05, 3.63) is 24.3 Å². The zero-order valence-corrected chi connectivity index (χ0v) is 12.7. The molecule has 2 atom stereocenters. The Balaban J connectivity index is 1.86. The van der Waals surface area contributed by atoms with Gasteiger partial charge in [-0.05, 0) is 30.9 Å². The molecule has 4 nitrogen and oxygen atoms in total. The lowest BCUT2D eigenvalue weighted by Crippen LogP contribution is -2.31. The van der Waals surface area contributed by atoms with Crippen LogP contribution in [0.1, 0.15) is 32.6 Å². The van der Waals surface area contributed by atoms with Gasteiger partial charge in [0.15, 0.2) is 9.84 Å². The molecule has 1 aromatic rings. The van der Waals surface area contributed by atoms with Crippen LogP contribution in [0.3, 0.4) is 0 Å². The maximum absolute atomic E-state index is 12.3. The second-order valence-corrected chi connectivity index (χ2v) is 8.08. The van der Waals surface area contributed by atoms with Crippen molar-refractivity contribution in [2.75, 3.05) is 18.1 Å². The lowest BCUT2D eigenvalue weighted by atomic mass is 9.91. The Kier molecular flexibility index (Phi) is 4.91. The highest BCUT2D eigenvalue weighted by molar-refractivity contribution is 7.92. The van der Waals surface area contributed by atoms with Crippen molar-refractivity contribution in [2.45, 2.75) is 37.9 Å². The minimum Gasteiger partial charge on any atom is -0.492 e. The number of ether oxygens (including phenoxy) is 1. The molecule has 1 aliphatic carbocycles. The molecular formula is C15H23NO3S. The lowest BCUT2D eigenvalue weighted by Gasteiger charge is -2.26. The smallest absolute Gasteiger partial charge is 0.156 e. The zero-order valence-electron chi connectivity index (χ0n) is 11.9. The molecule has 0 spiro atoms. The number of hydrogen-bond donors (Lipinski definition) is 1. The van der Waals surface area contributed by atoms with Gasteiger partial charge in [-0.1, -0.05) is 25.8 Å². The molecule has 0 heterocycles. The third kappa shape index (κ3) is 4.13. The first-order chi connectivity index (χ1) is 9.47. The SMILES string of the molecule is CC1CCCC(S(=O)(=O)CCOc2cccc(N)c2)C1. The minimum atomic E-state index is -3.05. The van der Waals surface area contributed by atoms with Crippen LogP contribution in [0, 0.1) is 5.92 Å². The first-order valence-electron chi connectivity index (χ1n) is 7.17. The number of rotatable bonds is 5. The van der Waals surface area contributed by atoms with Crippen molar-refractivity contribution in [1.29, 1.82) is 0 Å². The molecule has 2 rings (SSSR count). The van der Waals surface area contributed by atoms with Crippen LogP contribution in [-0.2, 0) is 9.84 Å². The molecule has 0 radical (unpaired) electrons. The van der Waals surface area contributed by atoms with Gasteiger partial charge < -0.3 is 10.5 Å². The Morgan fingerprint density at radius 2 is 2.15 bits per heavy atom. The molecular weight excluding hydrogens is 274 g/mol. The number of benzene rings is 1. The van der Waals surface area contributed by atoms with Crippen LogP contribution in [0.5, 0.6) is 5.75 Å². The third-order valence-electron chi connectivity index (χ3n) is 3.89. The van der Waals surface area contributed by atoms with E-state index in [2.05, 4.69) is 6.92 Å². The summed E-state index contributed by atoms with van der Waals surface area (Å²) < 4.78 is 30.0. The van der Waals surface area contributed by atoms with E-state index in [9.17, 15) is 8.42 Å². The third-order valence-corrected chi connectivity index (χ3v) is 6.07. The number of sulfone groups is 1. The van der Waals surface area contributed by atoms with Crippen molar-refractivity contribution in [1.82, 2.24) is 0 Å². The van der Waals surface area contributed by atoms with Crippen LogP contribution in [-0.4, -0.2) is 26.0 Å². The van der Waals surface area contributed by atoms with Crippen LogP contribution in [0.4, 0.5) is 5.69 Å². The average Bonchev–Trinajstić information content (AvgIpc) is 2.38. The van der Waals surface area contributed by atoms with Gasteiger partial charge in [0.25, 0.3) is 0 Å². The van der Waals surface area contributed by atoms with E-state index in [1.165, 1.54) is 0 Å². The normalized spacial score (nSPS) is 23.4. The Morgan fingerprint density at radius 3 is 2.85 bits per heavy atom. The van der Waals surface area contributed by atoms with Crippen LogP contribution in [0.2, 0.25) is 0 Å². The van der Waals surface area contributed by atoms with E-state index >= 15 is 0 Å². The standard InChI is InChI=1S/C15H23NO3S/c1-12-4-2-7-15(10-12)20(17,18)9-8-19-14-6-3-5-13(16)11-14/h3,5-6,11-12,15H,2,4,7-10,16H2,1H3. The molecule has 2 unspecified atom stereocenters. The molecule has 0 amide bonds. The molecule has 112 valence electrons. The maximum Gasteiger partial charge on any atom is 0.156 e. The summed E-state index contributed by atoms with van der Waals surface area (Å²) in [6.45, 7) is 2.32. The van der Waals surface area contributed by atoms with Crippen LogP contribution >= 0.6 is 0 Å². The van der Waals surface area contributed by atoms with E-state index in [4.69, 9.17) is 10.5 Å². The number of anilines is 1. The van der Waals surface area contributed by atoms with E-state index in [0.29, 0.717) is 17.4 Å². The molecule has 1 fully saturated rings. The van der Waals surface area contributed by atoms with Crippen molar-refractivity contribution in [3.63, 3.8) is 0 Å². The summed E-state index contributed by atoms with van der Waals surface area (Å²) in [5, 5.41) is -0.185. The fourth-order valence-corrected chi connectivity index (χ4v) is 4.55. The molecule has 2 N–H and O–H groups in total. The van der Waals surface area contributed by atoms with Gasteiger partial charge in [-0.3, -0.25) is 0 Å². The van der Waals surface area contributed by atoms with E-state index < -0.39 is 9.84 Å². The van der Waals surface area contributed by atoms with Crippen LogP contribution < -0.4 is 10.5 Å². The molecule has 1 saturated carbocycles. The first-order valence-corrected chi connectivity index (χ1v) is 8.89. The molecule has 20 heavy (non-hydrogen) atoms. The number of hydrogen-bond acceptors (Lipinski definition) is 4. The Bertz CT molecular complexity index is 542. The van der Waals surface area contributed by atoms with Crippen molar-refractivity contribution in [3.8, 4) is 5.75 Å². The second kappa shape index (κ2) is 6.48. The van der Waals surface area contributed by atoms with Gasteiger partial charge in [0.05, 0.1) is 11.0 Å². The summed E-state index contributed by atoms with van der Waals surface area (Å²) in [5.41, 5.74) is 6.27. The summed E-state index contributed by atoms with van der Waals surface area (Å²) in [4.78, 5) is 0. The molecule has 0 aliphatic heterocycles. The summed E-state index contributed by atoms with van der Waals surface area (Å²) in [6, 6.07) is 7.05. The van der Waals surface area contributed by atoms with Crippen molar-refractivity contribution < 1.29 is 13.2 Å². The molecule has 1 aromatic carbocycles. The summed E-state index contributed by atoms with van der Waals surface area (Å²) >= 11 is 0. The Labute approximate surface area is 121 Å². The van der Waals surface area contributed by atoms with Crippen molar-refractivity contribution in [2.24, 2.45) is 5.92 Å². The fraction of sp³-hybridized carbons (Fsp3) is 0.600. The van der Waals surface area contributed by atoms with Gasteiger partial charge in [-0.2, -0.15) is 0 Å². The highest BCUT2D eigenvalue weighted by atomic mass is 32.2. The zero-order chi connectivity index (χ0) is 14.6. The second-order valence-electron chi connectivity index (χ2n) is 5.68. The Morgan fingerprint density at radius 1 is 1.35 bits per heavy atom. The predicted octanol–water partition coefficient (Wildman–Crippen LogP) is 2.64.